The summed E-state index contributed by atoms with van der Waals surface area (Å²) in [6.07, 6.45) is 0.358. The van der Waals surface area contributed by atoms with Crippen molar-refractivity contribution in [1.29, 1.82) is 0 Å². The zero-order valence-corrected chi connectivity index (χ0v) is 17.0. The first kappa shape index (κ1) is 18.6. The van der Waals surface area contributed by atoms with Crippen molar-refractivity contribution in [1.82, 2.24) is 9.21 Å². The van der Waals surface area contributed by atoms with E-state index in [1.54, 1.807) is 17.0 Å². The molecule has 0 atom stereocenters. The highest BCUT2D eigenvalue weighted by atomic mass is 79.9. The molecule has 3 rings (SSSR count). The Kier molecular flexibility index (Phi) is 5.62. The molecule has 1 aliphatic heterocycles. The number of thiophene rings is 1. The van der Waals surface area contributed by atoms with Crippen LogP contribution in [0.3, 0.4) is 0 Å². The normalized spacial score (nSPS) is 16.2. The number of amides is 1. The monoisotopic (exact) mass is 442 g/mol. The smallest absolute Gasteiger partial charge is 0.252 e. The lowest BCUT2D eigenvalue weighted by Gasteiger charge is -2.33. The molecule has 0 saturated carbocycles. The molecule has 2 aromatic rings. The molecule has 1 aromatic carbocycles. The Labute approximate surface area is 160 Å². The lowest BCUT2D eigenvalue weighted by Crippen LogP contribution is -2.50. The molecule has 1 aliphatic rings. The van der Waals surface area contributed by atoms with Crippen LogP contribution in [0.15, 0.2) is 44.4 Å². The average molecular weight is 443 g/mol. The second-order valence-corrected chi connectivity index (χ2v) is 10.6. The van der Waals surface area contributed by atoms with Crippen LogP contribution in [0, 0.1) is 6.92 Å². The van der Waals surface area contributed by atoms with Gasteiger partial charge in [-0.05, 0) is 46.1 Å². The van der Waals surface area contributed by atoms with E-state index in [1.807, 2.05) is 31.2 Å². The molecule has 0 radical (unpaired) electrons. The molecule has 1 saturated heterocycles. The van der Waals surface area contributed by atoms with Crippen molar-refractivity contribution in [3.8, 4) is 0 Å². The first-order chi connectivity index (χ1) is 11.9. The molecule has 1 fully saturated rings. The van der Waals surface area contributed by atoms with Crippen LogP contribution in [0.5, 0.6) is 0 Å². The van der Waals surface area contributed by atoms with Crippen molar-refractivity contribution in [2.24, 2.45) is 0 Å². The second kappa shape index (κ2) is 7.57. The van der Waals surface area contributed by atoms with Gasteiger partial charge in [-0.1, -0.05) is 24.3 Å². The molecule has 5 nitrogen and oxygen atoms in total. The van der Waals surface area contributed by atoms with Crippen LogP contribution < -0.4 is 0 Å². The fourth-order valence-electron chi connectivity index (χ4n) is 2.82. The summed E-state index contributed by atoms with van der Waals surface area (Å²) in [5.41, 5.74) is 2.12. The minimum atomic E-state index is -3.47. The Balaban J connectivity index is 1.62. The molecule has 0 bridgehead atoms. The van der Waals surface area contributed by atoms with Gasteiger partial charge in [-0.15, -0.1) is 11.3 Å². The molecule has 134 valence electrons. The van der Waals surface area contributed by atoms with Gasteiger partial charge in [-0.3, -0.25) is 4.79 Å². The minimum absolute atomic E-state index is 0.0465. The van der Waals surface area contributed by atoms with Crippen LogP contribution in [-0.2, 0) is 21.2 Å². The van der Waals surface area contributed by atoms with Gasteiger partial charge in [0.2, 0.25) is 5.91 Å². The summed E-state index contributed by atoms with van der Waals surface area (Å²) in [5, 5.41) is 0. The summed E-state index contributed by atoms with van der Waals surface area (Å²) in [5.74, 6) is 0.0465. The number of hydrogen-bond donors (Lipinski definition) is 0. The van der Waals surface area contributed by atoms with Gasteiger partial charge in [-0.2, -0.15) is 4.31 Å². The first-order valence-electron chi connectivity index (χ1n) is 7.96. The van der Waals surface area contributed by atoms with E-state index in [0.29, 0.717) is 36.8 Å². The van der Waals surface area contributed by atoms with Crippen LogP contribution in [0.2, 0.25) is 0 Å². The summed E-state index contributed by atoms with van der Waals surface area (Å²) >= 11 is 4.50. The number of benzene rings is 1. The van der Waals surface area contributed by atoms with Crippen LogP contribution >= 0.6 is 27.3 Å². The number of piperazine rings is 1. The lowest BCUT2D eigenvalue weighted by atomic mass is 10.1. The Bertz CT molecular complexity index is 872. The van der Waals surface area contributed by atoms with E-state index >= 15 is 0 Å². The van der Waals surface area contributed by atoms with Gasteiger partial charge in [0.25, 0.3) is 10.0 Å². The van der Waals surface area contributed by atoms with E-state index in [-0.39, 0.29) is 5.91 Å². The largest absolute Gasteiger partial charge is 0.340 e. The summed E-state index contributed by atoms with van der Waals surface area (Å²) < 4.78 is 27.8. The highest BCUT2D eigenvalue weighted by molar-refractivity contribution is 9.11. The van der Waals surface area contributed by atoms with Gasteiger partial charge in [0.15, 0.2) is 0 Å². The fraction of sp³-hybridized carbons (Fsp3) is 0.353. The summed E-state index contributed by atoms with van der Waals surface area (Å²) in [6.45, 7) is 3.51. The van der Waals surface area contributed by atoms with Gasteiger partial charge in [0.1, 0.15) is 4.21 Å². The van der Waals surface area contributed by atoms with Gasteiger partial charge >= 0.3 is 0 Å². The third kappa shape index (κ3) is 4.13. The number of carbonyl (C=O) groups is 1. The molecular formula is C17H19BrN2O3S2. The maximum Gasteiger partial charge on any atom is 0.252 e. The lowest BCUT2D eigenvalue weighted by molar-refractivity contribution is -0.131. The highest BCUT2D eigenvalue weighted by Crippen LogP contribution is 2.29. The summed E-state index contributed by atoms with van der Waals surface area (Å²) in [4.78, 5) is 14.3. The van der Waals surface area contributed by atoms with Crippen LogP contribution in [0.1, 0.15) is 11.1 Å². The Morgan fingerprint density at radius 2 is 1.80 bits per heavy atom. The average Bonchev–Trinajstić information content (AvgIpc) is 3.04. The van der Waals surface area contributed by atoms with Crippen molar-refractivity contribution in [3.63, 3.8) is 0 Å². The van der Waals surface area contributed by atoms with Crippen molar-refractivity contribution in [2.45, 2.75) is 17.6 Å². The van der Waals surface area contributed by atoms with Crippen LogP contribution in [0.4, 0.5) is 0 Å². The molecule has 25 heavy (non-hydrogen) atoms. The predicted octanol–water partition coefficient (Wildman–Crippen LogP) is 2.89. The molecule has 1 aromatic heterocycles. The summed E-state index contributed by atoms with van der Waals surface area (Å²) in [6, 6.07) is 11.2. The number of aryl methyl sites for hydroxylation is 1. The van der Waals surface area contributed by atoms with Crippen LogP contribution in [0.25, 0.3) is 0 Å². The standard InChI is InChI=1S/C17H19BrN2O3S2/c1-13-4-2-3-5-14(13)12-16(21)19-8-10-20(11-9-19)25(22,23)17-7-6-15(18)24-17/h2-7H,8-12H2,1H3. The number of rotatable bonds is 4. The molecule has 0 unspecified atom stereocenters. The molecule has 0 N–H and O–H groups in total. The molecule has 0 aliphatic carbocycles. The van der Waals surface area contributed by atoms with E-state index in [2.05, 4.69) is 15.9 Å². The van der Waals surface area contributed by atoms with Crippen molar-refractivity contribution >= 4 is 43.2 Å². The van der Waals surface area contributed by atoms with E-state index in [4.69, 9.17) is 0 Å². The molecule has 1 amide bonds. The van der Waals surface area contributed by atoms with Crippen molar-refractivity contribution < 1.29 is 13.2 Å². The number of halogens is 1. The number of hydrogen-bond acceptors (Lipinski definition) is 4. The third-order valence-corrected chi connectivity index (χ3v) is 8.33. The zero-order chi connectivity index (χ0) is 18.0. The van der Waals surface area contributed by atoms with Crippen molar-refractivity contribution in [3.05, 3.63) is 51.3 Å². The molecule has 0 spiro atoms. The molecular weight excluding hydrogens is 424 g/mol. The third-order valence-electron chi connectivity index (χ3n) is 4.34. The maximum absolute atomic E-state index is 12.6. The Morgan fingerprint density at radius 1 is 1.12 bits per heavy atom. The van der Waals surface area contributed by atoms with Crippen LogP contribution in [-0.4, -0.2) is 49.7 Å². The predicted molar refractivity (Wildman–Crippen MR) is 102 cm³/mol. The highest BCUT2D eigenvalue weighted by Gasteiger charge is 2.31. The van der Waals surface area contributed by atoms with E-state index < -0.39 is 10.0 Å². The summed E-state index contributed by atoms with van der Waals surface area (Å²) in [7, 11) is -3.47. The minimum Gasteiger partial charge on any atom is -0.340 e. The quantitative estimate of drug-likeness (QED) is 0.731. The second-order valence-electron chi connectivity index (χ2n) is 5.95. The van der Waals surface area contributed by atoms with E-state index in [0.717, 1.165) is 14.9 Å². The maximum atomic E-state index is 12.6. The number of carbonyl (C=O) groups excluding carboxylic acids is 1. The molecule has 8 heteroatoms. The van der Waals surface area contributed by atoms with Gasteiger partial charge in [0.05, 0.1) is 10.2 Å². The van der Waals surface area contributed by atoms with Gasteiger partial charge < -0.3 is 4.90 Å². The first-order valence-corrected chi connectivity index (χ1v) is 11.0. The van der Waals surface area contributed by atoms with E-state index in [1.165, 1.54) is 15.6 Å². The Hall–Kier alpha value is -1.22. The number of nitrogens with zero attached hydrogens (tertiary/aromatic N) is 2. The topological polar surface area (TPSA) is 57.7 Å². The van der Waals surface area contributed by atoms with Gasteiger partial charge in [-0.25, -0.2) is 8.42 Å². The SMILES string of the molecule is Cc1ccccc1CC(=O)N1CCN(S(=O)(=O)c2ccc(Br)s2)CC1. The zero-order valence-electron chi connectivity index (χ0n) is 13.8. The molecule has 2 heterocycles. The van der Waals surface area contributed by atoms with Gasteiger partial charge in [0, 0.05) is 26.2 Å². The Morgan fingerprint density at radius 3 is 2.40 bits per heavy atom. The van der Waals surface area contributed by atoms with E-state index in [9.17, 15) is 13.2 Å². The van der Waals surface area contributed by atoms with Crippen molar-refractivity contribution in [2.75, 3.05) is 26.2 Å². The fourth-order valence-corrected chi connectivity index (χ4v) is 6.41. The number of sulfonamides is 1.